The quantitative estimate of drug-likeness (QED) is 0.854. The maximum atomic E-state index is 5.91. The van der Waals surface area contributed by atoms with E-state index in [1.54, 1.807) is 6.20 Å². The summed E-state index contributed by atoms with van der Waals surface area (Å²) < 4.78 is 5.81. The Morgan fingerprint density at radius 3 is 2.94 bits per heavy atom. The third-order valence-corrected chi connectivity index (χ3v) is 2.91. The molecule has 3 nitrogen and oxygen atoms in total. The molecule has 16 heavy (non-hydrogen) atoms. The van der Waals surface area contributed by atoms with E-state index in [1.807, 2.05) is 24.3 Å². The van der Waals surface area contributed by atoms with Crippen LogP contribution in [0.1, 0.15) is 12.8 Å². The maximum Gasteiger partial charge on any atom is 0.153 e. The fraction of sp³-hybridized carbons (Fsp3) is 0.308. The van der Waals surface area contributed by atoms with Gasteiger partial charge < -0.3 is 10.5 Å². The van der Waals surface area contributed by atoms with Crippen LogP contribution in [0.2, 0.25) is 0 Å². The first-order chi connectivity index (χ1) is 7.84. The molecule has 1 aliphatic carbocycles. The Morgan fingerprint density at radius 1 is 1.31 bits per heavy atom. The number of hydrogen-bond acceptors (Lipinski definition) is 3. The van der Waals surface area contributed by atoms with E-state index in [2.05, 4.69) is 4.98 Å². The van der Waals surface area contributed by atoms with Crippen molar-refractivity contribution in [1.29, 1.82) is 0 Å². The van der Waals surface area contributed by atoms with Gasteiger partial charge >= 0.3 is 0 Å². The zero-order chi connectivity index (χ0) is 11.0. The molecule has 0 unspecified atom stereocenters. The molecule has 1 aromatic heterocycles. The molecule has 1 aromatic carbocycles. The number of benzene rings is 1. The minimum absolute atomic E-state index is 0.624. The van der Waals surface area contributed by atoms with E-state index >= 15 is 0 Å². The summed E-state index contributed by atoms with van der Waals surface area (Å²) in [6.45, 7) is 0.776. The molecule has 0 spiro atoms. The van der Waals surface area contributed by atoms with E-state index < -0.39 is 0 Å². The van der Waals surface area contributed by atoms with Crippen LogP contribution in [0.5, 0.6) is 5.75 Å². The van der Waals surface area contributed by atoms with Gasteiger partial charge in [-0.15, -0.1) is 0 Å². The molecule has 3 heteroatoms. The minimum atomic E-state index is 0.624. The standard InChI is InChI=1S/C13H14N2O/c14-11-7-15-12-4-2-1-3-10(12)13(11)16-8-9-5-6-9/h1-4,7,9H,5-6,8,14H2. The Labute approximate surface area is 94.2 Å². The van der Waals surface area contributed by atoms with Crippen LogP contribution in [0.25, 0.3) is 10.9 Å². The van der Waals surface area contributed by atoms with Crippen molar-refractivity contribution in [2.24, 2.45) is 5.92 Å². The summed E-state index contributed by atoms with van der Waals surface area (Å²) in [6, 6.07) is 7.92. The Bertz CT molecular complexity index is 520. The maximum absolute atomic E-state index is 5.91. The van der Waals surface area contributed by atoms with Crippen molar-refractivity contribution >= 4 is 16.6 Å². The van der Waals surface area contributed by atoms with Crippen LogP contribution in [-0.4, -0.2) is 11.6 Å². The van der Waals surface area contributed by atoms with Crippen LogP contribution in [0.3, 0.4) is 0 Å². The largest absolute Gasteiger partial charge is 0.490 e. The van der Waals surface area contributed by atoms with Gasteiger partial charge in [-0.3, -0.25) is 4.98 Å². The predicted octanol–water partition coefficient (Wildman–Crippen LogP) is 2.61. The SMILES string of the molecule is Nc1cnc2ccccc2c1OCC1CC1. The van der Waals surface area contributed by atoms with Crippen LogP contribution >= 0.6 is 0 Å². The molecule has 1 fully saturated rings. The highest BCUT2D eigenvalue weighted by Gasteiger charge is 2.22. The summed E-state index contributed by atoms with van der Waals surface area (Å²) >= 11 is 0. The Balaban J connectivity index is 2.01. The highest BCUT2D eigenvalue weighted by Crippen LogP contribution is 2.34. The number of nitrogens with two attached hydrogens (primary N) is 1. The van der Waals surface area contributed by atoms with Crippen LogP contribution in [-0.2, 0) is 0 Å². The second kappa shape index (κ2) is 3.67. The van der Waals surface area contributed by atoms with Gasteiger partial charge in [0.05, 0.1) is 24.0 Å². The average molecular weight is 214 g/mol. The van der Waals surface area contributed by atoms with Gasteiger partial charge in [0.1, 0.15) is 0 Å². The summed E-state index contributed by atoms with van der Waals surface area (Å²) in [4.78, 5) is 4.28. The summed E-state index contributed by atoms with van der Waals surface area (Å²) in [6.07, 6.45) is 4.23. The first-order valence-electron chi connectivity index (χ1n) is 5.60. The van der Waals surface area contributed by atoms with Gasteiger partial charge in [-0.1, -0.05) is 12.1 Å². The van der Waals surface area contributed by atoms with Gasteiger partial charge in [0.15, 0.2) is 5.75 Å². The van der Waals surface area contributed by atoms with E-state index in [1.165, 1.54) is 12.8 Å². The number of nitrogen functional groups attached to an aromatic ring is 1. The molecule has 2 aromatic rings. The van der Waals surface area contributed by atoms with Crippen molar-refractivity contribution in [1.82, 2.24) is 4.98 Å². The van der Waals surface area contributed by atoms with E-state index in [-0.39, 0.29) is 0 Å². The number of hydrogen-bond donors (Lipinski definition) is 1. The first-order valence-corrected chi connectivity index (χ1v) is 5.60. The van der Waals surface area contributed by atoms with Crippen molar-refractivity contribution < 1.29 is 4.74 Å². The topological polar surface area (TPSA) is 48.1 Å². The van der Waals surface area contributed by atoms with Crippen LogP contribution in [0.4, 0.5) is 5.69 Å². The lowest BCUT2D eigenvalue weighted by atomic mass is 10.2. The molecule has 0 atom stereocenters. The number of nitrogens with zero attached hydrogens (tertiary/aromatic N) is 1. The lowest BCUT2D eigenvalue weighted by Gasteiger charge is -2.10. The van der Waals surface area contributed by atoms with Gasteiger partial charge in [0, 0.05) is 5.39 Å². The van der Waals surface area contributed by atoms with E-state index in [0.29, 0.717) is 5.69 Å². The molecule has 1 heterocycles. The number of pyridine rings is 1. The fourth-order valence-corrected chi connectivity index (χ4v) is 1.78. The average Bonchev–Trinajstić information content (AvgIpc) is 3.12. The zero-order valence-corrected chi connectivity index (χ0v) is 9.02. The highest BCUT2D eigenvalue weighted by atomic mass is 16.5. The lowest BCUT2D eigenvalue weighted by Crippen LogP contribution is -2.03. The number of aromatic nitrogens is 1. The molecule has 1 saturated carbocycles. The molecular weight excluding hydrogens is 200 g/mol. The predicted molar refractivity (Wildman–Crippen MR) is 64.4 cm³/mol. The second-order valence-electron chi connectivity index (χ2n) is 4.31. The van der Waals surface area contributed by atoms with Crippen LogP contribution in [0, 0.1) is 5.92 Å². The van der Waals surface area contributed by atoms with Gasteiger partial charge in [0.25, 0.3) is 0 Å². The van der Waals surface area contributed by atoms with Crippen molar-refractivity contribution in [2.75, 3.05) is 12.3 Å². The zero-order valence-electron chi connectivity index (χ0n) is 9.02. The van der Waals surface area contributed by atoms with Gasteiger partial charge in [-0.25, -0.2) is 0 Å². The summed E-state index contributed by atoms with van der Waals surface area (Å²) in [5.41, 5.74) is 7.46. The molecule has 3 rings (SSSR count). The number of anilines is 1. The van der Waals surface area contributed by atoms with Gasteiger partial charge in [0.2, 0.25) is 0 Å². The number of rotatable bonds is 3. The first kappa shape index (κ1) is 9.46. The smallest absolute Gasteiger partial charge is 0.153 e. The fourth-order valence-electron chi connectivity index (χ4n) is 1.78. The monoisotopic (exact) mass is 214 g/mol. The molecule has 0 bridgehead atoms. The molecule has 0 radical (unpaired) electrons. The van der Waals surface area contributed by atoms with Crippen LogP contribution < -0.4 is 10.5 Å². The molecule has 0 saturated heterocycles. The molecule has 2 N–H and O–H groups in total. The summed E-state index contributed by atoms with van der Waals surface area (Å²) in [5.74, 6) is 1.52. The van der Waals surface area contributed by atoms with E-state index in [4.69, 9.17) is 10.5 Å². The van der Waals surface area contributed by atoms with E-state index in [9.17, 15) is 0 Å². The van der Waals surface area contributed by atoms with Crippen molar-refractivity contribution in [3.05, 3.63) is 30.5 Å². The van der Waals surface area contributed by atoms with Crippen molar-refractivity contribution in [3.8, 4) is 5.75 Å². The van der Waals surface area contributed by atoms with Crippen molar-refractivity contribution in [2.45, 2.75) is 12.8 Å². The molecule has 82 valence electrons. The summed E-state index contributed by atoms with van der Waals surface area (Å²) in [5, 5.41) is 1.00. The molecule has 0 aliphatic heterocycles. The third kappa shape index (κ3) is 1.69. The minimum Gasteiger partial charge on any atom is -0.490 e. The Morgan fingerprint density at radius 2 is 2.12 bits per heavy atom. The normalized spacial score (nSPS) is 15.2. The number of ether oxygens (including phenoxy) is 1. The summed E-state index contributed by atoms with van der Waals surface area (Å²) in [7, 11) is 0. The van der Waals surface area contributed by atoms with Crippen LogP contribution in [0.15, 0.2) is 30.5 Å². The van der Waals surface area contributed by atoms with E-state index in [0.717, 1.165) is 29.2 Å². The molecule has 1 aliphatic rings. The van der Waals surface area contributed by atoms with Gasteiger partial charge in [-0.05, 0) is 30.9 Å². The second-order valence-corrected chi connectivity index (χ2v) is 4.31. The lowest BCUT2D eigenvalue weighted by molar-refractivity contribution is 0.304. The third-order valence-electron chi connectivity index (χ3n) is 2.91. The van der Waals surface area contributed by atoms with Crippen molar-refractivity contribution in [3.63, 3.8) is 0 Å². The number of para-hydroxylation sites is 1. The molecular formula is C13H14N2O. The Kier molecular flexibility index (Phi) is 2.17. The number of fused-ring (bicyclic) bond motifs is 1. The highest BCUT2D eigenvalue weighted by molar-refractivity contribution is 5.89. The molecule has 0 amide bonds. The van der Waals surface area contributed by atoms with Gasteiger partial charge in [-0.2, -0.15) is 0 Å². The Hall–Kier alpha value is -1.77.